The summed E-state index contributed by atoms with van der Waals surface area (Å²) in [7, 11) is 3.15. The Bertz CT molecular complexity index is 1110. The molecule has 4 rings (SSSR count). The first-order chi connectivity index (χ1) is 17.8. The standard InChI is InChI=1S/C28H35N3O6/c1-5-19(2)29-25(32)24-18-37-28(31(24)27(34)21-8-12-23(36-4)13-9-21)14-16-30(17-15-28)26(33)20-6-10-22(35-3)11-7-20/h6-13,19,24H,5,14-18H2,1-4H3,(H,29,32). The minimum atomic E-state index is -0.967. The van der Waals surface area contributed by atoms with Crippen molar-refractivity contribution in [2.75, 3.05) is 33.9 Å². The van der Waals surface area contributed by atoms with Gasteiger partial charge < -0.3 is 24.4 Å². The van der Waals surface area contributed by atoms with E-state index in [0.717, 1.165) is 6.42 Å². The number of hydrogen-bond acceptors (Lipinski definition) is 6. The molecule has 0 radical (unpaired) electrons. The number of carbonyl (C=O) groups excluding carboxylic acids is 3. The number of likely N-dealkylation sites (tertiary alicyclic amines) is 1. The van der Waals surface area contributed by atoms with E-state index in [9.17, 15) is 14.4 Å². The highest BCUT2D eigenvalue weighted by atomic mass is 16.5. The van der Waals surface area contributed by atoms with Gasteiger partial charge in [-0.3, -0.25) is 19.3 Å². The van der Waals surface area contributed by atoms with Crippen LogP contribution in [0.25, 0.3) is 0 Å². The summed E-state index contributed by atoms with van der Waals surface area (Å²) in [6.07, 6.45) is 1.59. The number of amides is 3. The summed E-state index contributed by atoms with van der Waals surface area (Å²) in [6.45, 7) is 4.83. The normalized spacial score (nSPS) is 19.4. The van der Waals surface area contributed by atoms with Crippen molar-refractivity contribution >= 4 is 17.7 Å². The molecule has 2 fully saturated rings. The van der Waals surface area contributed by atoms with E-state index in [1.807, 2.05) is 13.8 Å². The Kier molecular flexibility index (Phi) is 8.02. The molecule has 2 heterocycles. The number of nitrogens with one attached hydrogen (secondary N) is 1. The molecule has 0 aromatic heterocycles. The topological polar surface area (TPSA) is 97.4 Å². The number of rotatable bonds is 7. The fraction of sp³-hybridized carbons (Fsp3) is 0.464. The first kappa shape index (κ1) is 26.5. The average molecular weight is 510 g/mol. The Hall–Kier alpha value is -3.59. The van der Waals surface area contributed by atoms with Crippen molar-refractivity contribution in [2.45, 2.75) is 50.9 Å². The Morgan fingerprint density at radius 3 is 1.95 bits per heavy atom. The molecule has 2 aromatic rings. The second kappa shape index (κ2) is 11.2. The molecular weight excluding hydrogens is 474 g/mol. The first-order valence-electron chi connectivity index (χ1n) is 12.7. The van der Waals surface area contributed by atoms with E-state index in [0.29, 0.717) is 48.6 Å². The molecule has 2 aliphatic heterocycles. The Balaban J connectivity index is 1.56. The van der Waals surface area contributed by atoms with Crippen LogP contribution in [0.2, 0.25) is 0 Å². The lowest BCUT2D eigenvalue weighted by atomic mass is 9.96. The summed E-state index contributed by atoms with van der Waals surface area (Å²) in [5.41, 5.74) is 0.0512. The second-order valence-electron chi connectivity index (χ2n) is 9.52. The third kappa shape index (κ3) is 5.41. The van der Waals surface area contributed by atoms with Crippen molar-refractivity contribution in [3.63, 3.8) is 0 Å². The van der Waals surface area contributed by atoms with E-state index in [1.165, 1.54) is 0 Å². The van der Waals surface area contributed by atoms with Gasteiger partial charge in [-0.2, -0.15) is 0 Å². The first-order valence-corrected chi connectivity index (χ1v) is 12.7. The van der Waals surface area contributed by atoms with Crippen LogP contribution in [0, 0.1) is 0 Å². The number of methoxy groups -OCH3 is 2. The fourth-order valence-corrected chi connectivity index (χ4v) is 4.86. The fourth-order valence-electron chi connectivity index (χ4n) is 4.86. The maximum atomic E-state index is 13.8. The number of carbonyl (C=O) groups is 3. The van der Waals surface area contributed by atoms with Crippen LogP contribution in [0.3, 0.4) is 0 Å². The van der Waals surface area contributed by atoms with Crippen LogP contribution in [0.15, 0.2) is 48.5 Å². The highest BCUT2D eigenvalue weighted by molar-refractivity contribution is 5.99. The number of benzene rings is 2. The maximum Gasteiger partial charge on any atom is 0.256 e. The predicted molar refractivity (Wildman–Crippen MR) is 138 cm³/mol. The van der Waals surface area contributed by atoms with Gasteiger partial charge in [-0.1, -0.05) is 6.92 Å². The molecule has 0 aliphatic carbocycles. The van der Waals surface area contributed by atoms with Gasteiger partial charge in [0.15, 0.2) is 0 Å². The number of ether oxygens (including phenoxy) is 3. The summed E-state index contributed by atoms with van der Waals surface area (Å²) >= 11 is 0. The zero-order valence-electron chi connectivity index (χ0n) is 21.9. The van der Waals surface area contributed by atoms with Gasteiger partial charge in [0.1, 0.15) is 23.3 Å². The summed E-state index contributed by atoms with van der Waals surface area (Å²) in [5, 5.41) is 3.00. The van der Waals surface area contributed by atoms with E-state index < -0.39 is 11.8 Å². The summed E-state index contributed by atoms with van der Waals surface area (Å²) in [4.78, 5) is 43.5. The molecule has 2 aliphatic rings. The van der Waals surface area contributed by atoms with Crippen molar-refractivity contribution in [2.24, 2.45) is 0 Å². The van der Waals surface area contributed by atoms with Crippen LogP contribution >= 0.6 is 0 Å². The van der Waals surface area contributed by atoms with E-state index in [4.69, 9.17) is 14.2 Å². The summed E-state index contributed by atoms with van der Waals surface area (Å²) in [6, 6.07) is 13.1. The molecule has 2 aromatic carbocycles. The lowest BCUT2D eigenvalue weighted by Crippen LogP contribution is -2.60. The van der Waals surface area contributed by atoms with Gasteiger partial charge in [-0.15, -0.1) is 0 Å². The lowest BCUT2D eigenvalue weighted by molar-refractivity contribution is -0.128. The van der Waals surface area contributed by atoms with Crippen LogP contribution in [-0.4, -0.2) is 79.2 Å². The molecule has 198 valence electrons. The van der Waals surface area contributed by atoms with Gasteiger partial charge in [0.2, 0.25) is 5.91 Å². The predicted octanol–water partition coefficient (Wildman–Crippen LogP) is 3.09. The quantitative estimate of drug-likeness (QED) is 0.616. The molecule has 9 heteroatoms. The van der Waals surface area contributed by atoms with Crippen molar-refractivity contribution in [1.29, 1.82) is 0 Å². The highest BCUT2D eigenvalue weighted by Gasteiger charge is 2.54. The van der Waals surface area contributed by atoms with Gasteiger partial charge in [-0.05, 0) is 61.9 Å². The van der Waals surface area contributed by atoms with Gasteiger partial charge in [0, 0.05) is 43.1 Å². The summed E-state index contributed by atoms with van der Waals surface area (Å²) < 4.78 is 16.7. The molecule has 37 heavy (non-hydrogen) atoms. The molecule has 1 N–H and O–H groups in total. The van der Waals surface area contributed by atoms with Gasteiger partial charge in [0.25, 0.3) is 11.8 Å². The number of piperidine rings is 1. The maximum absolute atomic E-state index is 13.8. The van der Waals surface area contributed by atoms with Gasteiger partial charge in [-0.25, -0.2) is 0 Å². The average Bonchev–Trinajstić information content (AvgIpc) is 3.31. The zero-order chi connectivity index (χ0) is 26.6. The van der Waals surface area contributed by atoms with Crippen molar-refractivity contribution in [3.8, 4) is 11.5 Å². The van der Waals surface area contributed by atoms with Crippen LogP contribution in [0.4, 0.5) is 0 Å². The smallest absolute Gasteiger partial charge is 0.256 e. The highest BCUT2D eigenvalue weighted by Crippen LogP contribution is 2.39. The molecule has 0 saturated carbocycles. The lowest BCUT2D eigenvalue weighted by Gasteiger charge is -2.44. The van der Waals surface area contributed by atoms with Crippen molar-refractivity contribution < 1.29 is 28.6 Å². The minimum absolute atomic E-state index is 0.0223. The van der Waals surface area contributed by atoms with E-state index in [-0.39, 0.29) is 30.4 Å². The van der Waals surface area contributed by atoms with Crippen molar-refractivity contribution in [3.05, 3.63) is 59.7 Å². The monoisotopic (exact) mass is 509 g/mol. The molecule has 9 nitrogen and oxygen atoms in total. The van der Waals surface area contributed by atoms with Gasteiger partial charge >= 0.3 is 0 Å². The largest absolute Gasteiger partial charge is 0.497 e. The molecule has 2 saturated heterocycles. The molecule has 2 atom stereocenters. The van der Waals surface area contributed by atoms with Crippen LogP contribution in [0.1, 0.15) is 53.8 Å². The van der Waals surface area contributed by atoms with Crippen LogP contribution in [-0.2, 0) is 9.53 Å². The Labute approximate surface area is 217 Å². The van der Waals surface area contributed by atoms with Crippen molar-refractivity contribution in [1.82, 2.24) is 15.1 Å². The third-order valence-corrected chi connectivity index (χ3v) is 7.29. The Morgan fingerprint density at radius 2 is 1.46 bits per heavy atom. The summed E-state index contributed by atoms with van der Waals surface area (Å²) in [5.74, 6) is 0.724. The molecule has 1 spiro atoms. The second-order valence-corrected chi connectivity index (χ2v) is 9.52. The van der Waals surface area contributed by atoms with E-state index in [1.54, 1.807) is 72.6 Å². The minimum Gasteiger partial charge on any atom is -0.497 e. The van der Waals surface area contributed by atoms with Gasteiger partial charge in [0.05, 0.1) is 20.8 Å². The zero-order valence-corrected chi connectivity index (χ0v) is 21.9. The molecule has 2 unspecified atom stereocenters. The van der Waals surface area contributed by atoms with Crippen LogP contribution in [0.5, 0.6) is 11.5 Å². The third-order valence-electron chi connectivity index (χ3n) is 7.29. The molecule has 0 bridgehead atoms. The van der Waals surface area contributed by atoms with Crippen LogP contribution < -0.4 is 14.8 Å². The SMILES string of the molecule is CCC(C)NC(=O)C1COC2(CCN(C(=O)c3ccc(OC)cc3)CC2)N1C(=O)c1ccc(OC)cc1. The molecular formula is C28H35N3O6. The number of nitrogens with zero attached hydrogens (tertiary/aromatic N) is 2. The molecule has 3 amide bonds. The number of hydrogen-bond donors (Lipinski definition) is 1. The van der Waals surface area contributed by atoms with E-state index in [2.05, 4.69) is 5.32 Å². The van der Waals surface area contributed by atoms with E-state index >= 15 is 0 Å². The Morgan fingerprint density at radius 1 is 0.946 bits per heavy atom.